The molecule has 4 nitrogen and oxygen atoms in total. The molecule has 4 rings (SSSR count). The molecule has 0 amide bonds. The van der Waals surface area contributed by atoms with Crippen molar-refractivity contribution in [2.24, 2.45) is 0 Å². The van der Waals surface area contributed by atoms with Crippen LogP contribution in [0.4, 0.5) is 0 Å². The predicted octanol–water partition coefficient (Wildman–Crippen LogP) is 12.1. The first-order valence-corrected chi connectivity index (χ1v) is 35.8. The van der Waals surface area contributed by atoms with Gasteiger partial charge in [-0.05, 0) is 18.9 Å². The fourth-order valence-electron chi connectivity index (χ4n) is 6.34. The van der Waals surface area contributed by atoms with E-state index in [0.717, 1.165) is 12.1 Å². The molecule has 0 bridgehead atoms. The normalized spacial score (nSPS) is 15.0. The van der Waals surface area contributed by atoms with Gasteiger partial charge in [0.25, 0.3) is 0 Å². The van der Waals surface area contributed by atoms with Crippen LogP contribution in [0.5, 0.6) is 0 Å². The number of hydrogen-bond acceptors (Lipinski definition) is 2. The number of rotatable bonds is 21. The fourth-order valence-corrected chi connectivity index (χ4v) is 36.1. The van der Waals surface area contributed by atoms with Crippen molar-refractivity contribution in [2.75, 3.05) is 0 Å². The smallest absolute Gasteiger partial charge is 0.0520 e. The molecule has 2 aliphatic rings. The topological polar surface area (TPSA) is 35.6 Å². The average molecular weight is 831 g/mol. The number of nitrogens with zero attached hydrogens (tertiary/aromatic N) is 4. The summed E-state index contributed by atoms with van der Waals surface area (Å²) in [5, 5.41) is 8.83. The first-order chi connectivity index (χ1) is 20.9. The van der Waals surface area contributed by atoms with Gasteiger partial charge >= 0.3 is 234 Å². The van der Waals surface area contributed by atoms with E-state index in [1.807, 2.05) is 23.1 Å². The maximum Gasteiger partial charge on any atom is 0.0520 e. The van der Waals surface area contributed by atoms with E-state index in [2.05, 4.69) is 63.6 Å². The van der Waals surface area contributed by atoms with Crippen molar-refractivity contribution < 1.29 is 0 Å². The Kier molecular flexibility index (Phi) is 20.9. The second kappa shape index (κ2) is 22.8. The van der Waals surface area contributed by atoms with Crippen molar-refractivity contribution in [3.63, 3.8) is 0 Å². The molecule has 2 aromatic rings. The molecule has 0 N–H and O–H groups in total. The fraction of sp³-hybridized carbons (Fsp3) is 0.833. The number of halogens is 1. The Morgan fingerprint density at radius 1 is 0.628 bits per heavy atom. The van der Waals surface area contributed by atoms with Gasteiger partial charge in [0.1, 0.15) is 0 Å². The van der Waals surface area contributed by atoms with Crippen molar-refractivity contribution in [1.82, 2.24) is 19.6 Å². The monoisotopic (exact) mass is 832 g/mol. The predicted molar refractivity (Wildman–Crippen MR) is 196 cm³/mol. The van der Waals surface area contributed by atoms with Gasteiger partial charge in [-0.25, -0.2) is 0 Å². The maximum absolute atomic E-state index is 6.89. The van der Waals surface area contributed by atoms with Gasteiger partial charge in [-0.1, -0.05) is 0 Å². The first-order valence-electron chi connectivity index (χ1n) is 18.6. The van der Waals surface area contributed by atoms with Crippen LogP contribution in [0.15, 0.2) is 30.7 Å². The Bertz CT molecular complexity index is 880. The van der Waals surface area contributed by atoms with Gasteiger partial charge in [-0.2, -0.15) is 5.10 Å². The minimum atomic E-state index is -2.24. The Balaban J connectivity index is 0.000000250. The van der Waals surface area contributed by atoms with E-state index >= 15 is 0 Å². The molecule has 0 saturated heterocycles. The van der Waals surface area contributed by atoms with E-state index in [0.29, 0.717) is 0 Å². The largest absolute Gasteiger partial charge is 0.270 e. The second-order valence-electron chi connectivity index (χ2n) is 13.7. The summed E-state index contributed by atoms with van der Waals surface area (Å²) in [6, 6.07) is 5.90. The Labute approximate surface area is 279 Å². The van der Waals surface area contributed by atoms with E-state index < -0.39 is 35.6 Å². The number of hydrogen-bond donors (Lipinski definition) is 0. The van der Waals surface area contributed by atoms with E-state index in [4.69, 9.17) is 14.0 Å². The van der Waals surface area contributed by atoms with Gasteiger partial charge in [-0.3, -0.25) is 4.68 Å². The van der Waals surface area contributed by atoms with Crippen molar-refractivity contribution in [3.05, 3.63) is 30.7 Å². The molecule has 0 radical (unpaired) electrons. The van der Waals surface area contributed by atoms with Gasteiger partial charge in [0.15, 0.2) is 0 Å². The molecule has 2 aromatic heterocycles. The molecule has 0 atom stereocenters. The molecule has 2 saturated carbocycles. The third kappa shape index (κ3) is 15.2. The van der Waals surface area contributed by atoms with Crippen LogP contribution in [-0.2, 0) is 0 Å². The third-order valence-corrected chi connectivity index (χ3v) is 39.5. The van der Waals surface area contributed by atoms with Crippen molar-refractivity contribution in [1.29, 1.82) is 0 Å². The second-order valence-corrected chi connectivity index (χ2v) is 42.9. The van der Waals surface area contributed by atoms with E-state index in [-0.39, 0.29) is 0 Å². The average Bonchev–Trinajstić information content (AvgIpc) is 3.96. The molecule has 2 aliphatic carbocycles. The molecule has 2 fully saturated rings. The van der Waals surface area contributed by atoms with Gasteiger partial charge in [0.2, 0.25) is 0 Å². The molecule has 43 heavy (non-hydrogen) atoms. The molecule has 7 heteroatoms. The Morgan fingerprint density at radius 3 is 1.44 bits per heavy atom. The zero-order valence-electron chi connectivity index (χ0n) is 29.3. The molecular formula is C36H69ClN4Sn2. The zero-order chi connectivity index (χ0) is 31.4. The molecular weight excluding hydrogens is 761 g/mol. The Hall–Kier alpha value is 0.307. The van der Waals surface area contributed by atoms with E-state index in [9.17, 15) is 0 Å². The molecule has 2 heterocycles. The van der Waals surface area contributed by atoms with E-state index in [1.165, 1.54) is 116 Å². The minimum absolute atomic E-state index is 0.741. The molecule has 0 aliphatic heterocycles. The van der Waals surface area contributed by atoms with Crippen LogP contribution in [-0.4, -0.2) is 55.2 Å². The maximum atomic E-state index is 6.89. The minimum Gasteiger partial charge on any atom is -0.270 e. The quantitative estimate of drug-likeness (QED) is 0.118. The van der Waals surface area contributed by atoms with Gasteiger partial charge < -0.3 is 0 Å². The van der Waals surface area contributed by atoms with Crippen LogP contribution >= 0.6 is 8.92 Å². The number of aromatic nitrogens is 4. The third-order valence-electron chi connectivity index (χ3n) is 9.51. The summed E-state index contributed by atoms with van der Waals surface area (Å²) in [4.78, 5) is 0. The van der Waals surface area contributed by atoms with Gasteiger partial charge in [-0.15, -0.1) is 0 Å². The van der Waals surface area contributed by atoms with Gasteiger partial charge in [0.05, 0.1) is 6.04 Å². The summed E-state index contributed by atoms with van der Waals surface area (Å²) in [6.07, 6.45) is 27.8. The summed E-state index contributed by atoms with van der Waals surface area (Å²) >= 11 is -4.33. The van der Waals surface area contributed by atoms with Gasteiger partial charge in [0, 0.05) is 12.4 Å². The standard InChI is InChI=1S/C6H8N2.C6H7N2.6C4H9.ClH.2Sn/c2*1-4-7-8(5-1)6-2-3-6;6*1-3-4-2;;;/h1,4-6H,2-3H2;1,4,6H,2-3H2;6*1,3-4H2,2H3;1H;;/q;;;;;;;;;;+1/p-1. The van der Waals surface area contributed by atoms with Crippen molar-refractivity contribution in [3.8, 4) is 0 Å². The molecule has 0 unspecified atom stereocenters. The van der Waals surface area contributed by atoms with Crippen LogP contribution in [0.1, 0.15) is 156 Å². The molecule has 248 valence electrons. The van der Waals surface area contributed by atoms with Crippen LogP contribution in [0.3, 0.4) is 0 Å². The SMILES string of the molecule is CCC[CH2][Sn]([CH2]CCC)([CH2]CCC)[c]1ccnn1C1CC1.CCC[CH2][Sn]([Cl])([CH2]CCC)[CH2]CCC.c1cnn(C2CC2)c1. The zero-order valence-corrected chi connectivity index (χ0v) is 35.7. The summed E-state index contributed by atoms with van der Waals surface area (Å²) in [6.45, 7) is 13.9. The van der Waals surface area contributed by atoms with Crippen molar-refractivity contribution in [2.45, 2.75) is 183 Å². The Morgan fingerprint density at radius 2 is 1.07 bits per heavy atom. The molecule has 0 aromatic carbocycles. The van der Waals surface area contributed by atoms with Crippen LogP contribution in [0, 0.1) is 0 Å². The summed E-state index contributed by atoms with van der Waals surface area (Å²) in [5.41, 5.74) is 0. The van der Waals surface area contributed by atoms with Crippen LogP contribution in [0.25, 0.3) is 0 Å². The summed E-state index contributed by atoms with van der Waals surface area (Å²) < 4.78 is 15.2. The molecule has 0 spiro atoms. The van der Waals surface area contributed by atoms with Crippen LogP contribution < -0.4 is 3.71 Å². The number of unbranched alkanes of at least 4 members (excludes halogenated alkanes) is 6. The van der Waals surface area contributed by atoms with Crippen molar-refractivity contribution >= 4 is 48.3 Å². The summed E-state index contributed by atoms with van der Waals surface area (Å²) in [5.74, 6) is 0. The van der Waals surface area contributed by atoms with Crippen LogP contribution in [0.2, 0.25) is 26.6 Å². The first kappa shape index (κ1) is 39.5. The van der Waals surface area contributed by atoms with E-state index in [1.54, 1.807) is 17.0 Å². The summed E-state index contributed by atoms with van der Waals surface area (Å²) in [7, 11) is 6.89.